The highest BCUT2D eigenvalue weighted by molar-refractivity contribution is 5.96. The lowest BCUT2D eigenvalue weighted by molar-refractivity contribution is -0.0931. The number of fused-ring (bicyclic) bond motifs is 5. The zero-order valence-corrected chi connectivity index (χ0v) is 16.5. The van der Waals surface area contributed by atoms with Crippen LogP contribution in [0.5, 0.6) is 0 Å². The Bertz CT molecular complexity index is 714. The zero-order valence-electron chi connectivity index (χ0n) is 16.5. The van der Waals surface area contributed by atoms with Crippen LogP contribution >= 0.6 is 0 Å². The molecule has 2 N–H and O–H groups in total. The number of hydrogen-bond acceptors (Lipinski definition) is 3. The molecule has 0 aliphatic heterocycles. The molecule has 0 aromatic heterocycles. The second-order valence-electron chi connectivity index (χ2n) is 9.20. The fourth-order valence-electron chi connectivity index (χ4n) is 7.41. The molecular weight excluding hydrogens is 334 g/mol. The van der Waals surface area contributed by atoms with E-state index in [9.17, 15) is 5.11 Å². The van der Waals surface area contributed by atoms with Crippen LogP contribution in [0.2, 0.25) is 0 Å². The van der Waals surface area contributed by atoms with Crippen LogP contribution < -0.4 is 0 Å². The number of terminal acetylenes is 1. The van der Waals surface area contributed by atoms with E-state index in [1.165, 1.54) is 38.3 Å². The molecule has 0 aromatic carbocycles. The maximum absolute atomic E-state index is 11.3. The second kappa shape index (κ2) is 7.13. The van der Waals surface area contributed by atoms with Crippen molar-refractivity contribution in [2.75, 3.05) is 0 Å². The number of rotatable bonds is 2. The third-order valence-corrected chi connectivity index (χ3v) is 8.58. The Morgan fingerprint density at radius 2 is 2.07 bits per heavy atom. The first-order valence-electron chi connectivity index (χ1n) is 10.8. The summed E-state index contributed by atoms with van der Waals surface area (Å²) in [6.45, 7) is 2.24. The van der Waals surface area contributed by atoms with Gasteiger partial charge in [-0.2, -0.15) is 0 Å². The normalized spacial score (nSPS) is 45.5. The van der Waals surface area contributed by atoms with Crippen molar-refractivity contribution in [2.45, 2.75) is 76.7 Å². The van der Waals surface area contributed by atoms with Crippen molar-refractivity contribution in [2.24, 2.45) is 34.1 Å². The van der Waals surface area contributed by atoms with Crippen LogP contribution in [0.4, 0.5) is 0 Å². The van der Waals surface area contributed by atoms with E-state index < -0.39 is 5.60 Å². The van der Waals surface area contributed by atoms with Crippen molar-refractivity contribution in [1.82, 2.24) is 0 Å². The van der Waals surface area contributed by atoms with Gasteiger partial charge in [0.2, 0.25) is 0 Å². The third kappa shape index (κ3) is 2.80. The maximum atomic E-state index is 11.3. The molecule has 4 aliphatic rings. The van der Waals surface area contributed by atoms with Gasteiger partial charge in [0.05, 0.1) is 12.5 Å². The number of aliphatic imine (C=N–C) groups is 1. The van der Waals surface area contributed by atoms with Crippen molar-refractivity contribution in [1.29, 1.82) is 0 Å². The van der Waals surface area contributed by atoms with Gasteiger partial charge in [-0.3, -0.25) is 4.99 Å². The predicted octanol–water partition coefficient (Wildman–Crippen LogP) is 5.17. The minimum absolute atomic E-state index is 0.0651. The minimum atomic E-state index is -0.897. The molecule has 0 saturated heterocycles. The zero-order chi connectivity index (χ0) is 19.1. The molecule has 3 nitrogen and oxygen atoms in total. The van der Waals surface area contributed by atoms with Crippen molar-refractivity contribution in [3.05, 3.63) is 24.1 Å². The fourth-order valence-corrected chi connectivity index (χ4v) is 7.41. The molecule has 0 amide bonds. The summed E-state index contributed by atoms with van der Waals surface area (Å²) in [5.74, 6) is 5.51. The Kier molecular flexibility index (Phi) is 4.97. The van der Waals surface area contributed by atoms with Crippen LogP contribution in [0.3, 0.4) is 0 Å². The molecule has 0 heterocycles. The van der Waals surface area contributed by atoms with Crippen LogP contribution in [-0.2, 0) is 0 Å². The average molecular weight is 368 g/mol. The largest absolute Gasteiger partial charge is 0.514 e. The molecule has 0 bridgehead atoms. The summed E-state index contributed by atoms with van der Waals surface area (Å²) in [7, 11) is 0. The Balaban J connectivity index is 1.64. The van der Waals surface area contributed by atoms with E-state index in [1.807, 2.05) is 0 Å². The molecule has 146 valence electrons. The molecule has 27 heavy (non-hydrogen) atoms. The van der Waals surface area contributed by atoms with Gasteiger partial charge in [-0.15, -0.1) is 6.42 Å². The quantitative estimate of drug-likeness (QED) is 0.522. The lowest BCUT2D eigenvalue weighted by atomic mass is 9.52. The van der Waals surface area contributed by atoms with E-state index in [0.717, 1.165) is 50.0 Å². The van der Waals surface area contributed by atoms with E-state index in [4.69, 9.17) is 11.5 Å². The van der Waals surface area contributed by atoms with Gasteiger partial charge in [-0.1, -0.05) is 18.4 Å². The first-order chi connectivity index (χ1) is 13.1. The standard InChI is InChI=1S/C24H33NO2/c1-3-23-12-10-20-19-9-8-18(25-14-15-26)16-17(19)6-5-7-21(20)22(23)11-13-24(23,27)4-2/h2,14-16,19-22,26-27H,3,5-13H2,1H3/b15-14+,25-18?/t19-,20+,21-,22-,23-,24-/m0/s1. The summed E-state index contributed by atoms with van der Waals surface area (Å²) in [5.41, 5.74) is 1.72. The minimum Gasteiger partial charge on any atom is -0.514 e. The summed E-state index contributed by atoms with van der Waals surface area (Å²) >= 11 is 0. The highest BCUT2D eigenvalue weighted by atomic mass is 16.3. The number of aliphatic hydroxyl groups excluding tert-OH is 1. The van der Waals surface area contributed by atoms with Gasteiger partial charge in [0.1, 0.15) is 5.60 Å². The molecular formula is C24H33NO2. The van der Waals surface area contributed by atoms with Gasteiger partial charge in [0.15, 0.2) is 0 Å². The Hall–Kier alpha value is -1.53. The van der Waals surface area contributed by atoms with Gasteiger partial charge < -0.3 is 10.2 Å². The van der Waals surface area contributed by atoms with E-state index in [2.05, 4.69) is 23.9 Å². The van der Waals surface area contributed by atoms with Gasteiger partial charge in [-0.05, 0) is 94.0 Å². The lowest BCUT2D eigenvalue weighted by Crippen LogP contribution is -2.52. The molecule has 3 fully saturated rings. The molecule has 4 aliphatic carbocycles. The Morgan fingerprint density at radius 1 is 1.22 bits per heavy atom. The third-order valence-electron chi connectivity index (χ3n) is 8.58. The smallest absolute Gasteiger partial charge is 0.131 e. The molecule has 3 saturated carbocycles. The van der Waals surface area contributed by atoms with E-state index in [0.29, 0.717) is 17.8 Å². The fraction of sp³-hybridized carbons (Fsp3) is 0.708. The molecule has 3 heteroatoms. The van der Waals surface area contributed by atoms with Gasteiger partial charge in [-0.25, -0.2) is 0 Å². The van der Waals surface area contributed by atoms with Crippen LogP contribution in [0, 0.1) is 41.4 Å². The average Bonchev–Trinajstić information content (AvgIpc) is 2.88. The summed E-state index contributed by atoms with van der Waals surface area (Å²) in [5, 5.41) is 20.1. The van der Waals surface area contributed by atoms with Crippen molar-refractivity contribution < 1.29 is 10.2 Å². The first kappa shape index (κ1) is 18.8. The van der Waals surface area contributed by atoms with Crippen LogP contribution in [-0.4, -0.2) is 21.5 Å². The monoisotopic (exact) mass is 367 g/mol. The number of hydrogen-bond donors (Lipinski definition) is 2. The number of aliphatic hydroxyl groups is 2. The van der Waals surface area contributed by atoms with Crippen molar-refractivity contribution in [3.63, 3.8) is 0 Å². The van der Waals surface area contributed by atoms with Gasteiger partial charge >= 0.3 is 0 Å². The van der Waals surface area contributed by atoms with E-state index in [1.54, 1.807) is 5.57 Å². The molecule has 4 rings (SSSR count). The lowest BCUT2D eigenvalue weighted by Gasteiger charge is -2.53. The van der Waals surface area contributed by atoms with Crippen LogP contribution in [0.15, 0.2) is 29.1 Å². The number of nitrogens with zero attached hydrogens (tertiary/aromatic N) is 1. The van der Waals surface area contributed by atoms with E-state index in [-0.39, 0.29) is 5.41 Å². The van der Waals surface area contributed by atoms with Crippen LogP contribution in [0.1, 0.15) is 71.1 Å². The predicted molar refractivity (Wildman–Crippen MR) is 109 cm³/mol. The molecule has 0 aromatic rings. The molecule has 0 spiro atoms. The first-order valence-corrected chi connectivity index (χ1v) is 10.8. The topological polar surface area (TPSA) is 52.8 Å². The molecule has 0 unspecified atom stereocenters. The van der Waals surface area contributed by atoms with Crippen molar-refractivity contribution >= 4 is 5.71 Å². The Labute approximate surface area is 163 Å². The summed E-state index contributed by atoms with van der Waals surface area (Å²) in [6.07, 6.45) is 21.7. The molecule has 6 atom stereocenters. The SMILES string of the molecule is C#C[C@]1(O)CC[C@H]2[C@H]3CCCC4=CC(=N/C=C/O)CC[C@@H]4[C@H]3CC[C@@]21CC. The van der Waals surface area contributed by atoms with Crippen LogP contribution in [0.25, 0.3) is 0 Å². The summed E-state index contributed by atoms with van der Waals surface area (Å²) in [4.78, 5) is 4.39. The second-order valence-corrected chi connectivity index (χ2v) is 9.20. The highest BCUT2D eigenvalue weighted by Crippen LogP contribution is 2.65. The number of allylic oxidation sites excluding steroid dienone is 2. The summed E-state index contributed by atoms with van der Waals surface area (Å²) < 4.78 is 0. The van der Waals surface area contributed by atoms with Gasteiger partial charge in [0, 0.05) is 11.1 Å². The van der Waals surface area contributed by atoms with E-state index >= 15 is 0 Å². The van der Waals surface area contributed by atoms with Crippen molar-refractivity contribution in [3.8, 4) is 12.3 Å². The molecule has 0 radical (unpaired) electrons. The maximum Gasteiger partial charge on any atom is 0.131 e. The van der Waals surface area contributed by atoms with Gasteiger partial charge in [0.25, 0.3) is 0 Å². The summed E-state index contributed by atoms with van der Waals surface area (Å²) in [6, 6.07) is 0. The Morgan fingerprint density at radius 3 is 2.81 bits per heavy atom. The highest BCUT2D eigenvalue weighted by Gasteiger charge is 2.62.